The van der Waals surface area contributed by atoms with Gasteiger partial charge in [0.15, 0.2) is 0 Å². The molecule has 2 aromatic rings. The van der Waals surface area contributed by atoms with Gasteiger partial charge in [0.25, 0.3) is 11.5 Å². The number of nitrogens with one attached hydrogen (secondary N) is 1. The lowest BCUT2D eigenvalue weighted by atomic mass is 9.92. The van der Waals surface area contributed by atoms with E-state index in [1.54, 1.807) is 50.1 Å². The number of carbonyl (C=O) groups excluding carboxylic acids is 1. The normalized spacial score (nSPS) is 18.9. The Bertz CT molecular complexity index is 929. The molecule has 7 heteroatoms. The summed E-state index contributed by atoms with van der Waals surface area (Å²) in [5.74, 6) is 0.861. The van der Waals surface area contributed by atoms with Gasteiger partial charge in [-0.25, -0.2) is 0 Å². The highest BCUT2D eigenvalue weighted by atomic mass is 16.5. The molecule has 1 heterocycles. The number of amides is 1. The SMILES string of the molecule is COc1ccc(CNC(=O)c2c(C)ccn(C3CCC(O)CC3)c2=O)c(OC)c1. The number of aliphatic hydroxyl groups excluding tert-OH is 1. The molecule has 0 saturated heterocycles. The van der Waals surface area contributed by atoms with E-state index in [-0.39, 0.29) is 29.8 Å². The maximum absolute atomic E-state index is 13.0. The lowest BCUT2D eigenvalue weighted by Gasteiger charge is -2.27. The molecule has 7 nitrogen and oxygen atoms in total. The van der Waals surface area contributed by atoms with Gasteiger partial charge in [-0.2, -0.15) is 0 Å². The van der Waals surface area contributed by atoms with Crippen molar-refractivity contribution >= 4 is 5.91 Å². The van der Waals surface area contributed by atoms with Crippen LogP contribution in [0.1, 0.15) is 53.2 Å². The van der Waals surface area contributed by atoms with Crippen molar-refractivity contribution < 1.29 is 19.4 Å². The number of hydrogen-bond donors (Lipinski definition) is 2. The summed E-state index contributed by atoms with van der Waals surface area (Å²) in [5.41, 5.74) is 1.30. The fourth-order valence-electron chi connectivity index (χ4n) is 3.80. The molecule has 1 aromatic carbocycles. The molecule has 156 valence electrons. The summed E-state index contributed by atoms with van der Waals surface area (Å²) in [5, 5.41) is 12.5. The van der Waals surface area contributed by atoms with E-state index >= 15 is 0 Å². The van der Waals surface area contributed by atoms with Crippen molar-refractivity contribution in [3.05, 3.63) is 57.5 Å². The largest absolute Gasteiger partial charge is 0.497 e. The fourth-order valence-corrected chi connectivity index (χ4v) is 3.80. The van der Waals surface area contributed by atoms with Crippen molar-refractivity contribution in [3.8, 4) is 11.5 Å². The minimum atomic E-state index is -0.407. The molecule has 1 fully saturated rings. The van der Waals surface area contributed by atoms with Crippen LogP contribution < -0.4 is 20.3 Å². The van der Waals surface area contributed by atoms with Gasteiger partial charge in [-0.05, 0) is 56.4 Å². The standard InChI is InChI=1S/C22H28N2O5/c1-14-10-11-24(16-5-7-17(25)8-6-16)22(27)20(14)21(26)23-13-15-4-9-18(28-2)12-19(15)29-3/h4,9-12,16-17,25H,5-8,13H2,1-3H3,(H,23,26). The number of rotatable bonds is 6. The zero-order valence-electron chi connectivity index (χ0n) is 17.1. The maximum atomic E-state index is 13.0. The van der Waals surface area contributed by atoms with Crippen LogP contribution in [-0.4, -0.2) is 35.9 Å². The van der Waals surface area contributed by atoms with E-state index in [0.29, 0.717) is 29.9 Å². The minimum absolute atomic E-state index is 0.0136. The molecule has 0 radical (unpaired) electrons. The van der Waals surface area contributed by atoms with Crippen LogP contribution >= 0.6 is 0 Å². The molecule has 0 atom stereocenters. The van der Waals surface area contributed by atoms with Crippen LogP contribution in [0.2, 0.25) is 0 Å². The molecule has 2 N–H and O–H groups in total. The summed E-state index contributed by atoms with van der Waals surface area (Å²) in [6.07, 6.45) is 4.26. The lowest BCUT2D eigenvalue weighted by molar-refractivity contribution is 0.0943. The molecule has 0 spiro atoms. The Balaban J connectivity index is 1.79. The number of hydrogen-bond acceptors (Lipinski definition) is 5. The van der Waals surface area contributed by atoms with E-state index in [0.717, 1.165) is 18.4 Å². The number of benzene rings is 1. The number of aryl methyl sites for hydroxylation is 1. The van der Waals surface area contributed by atoms with Crippen LogP contribution in [0.3, 0.4) is 0 Å². The first-order chi connectivity index (χ1) is 13.9. The zero-order valence-corrected chi connectivity index (χ0v) is 17.1. The van der Waals surface area contributed by atoms with E-state index in [4.69, 9.17) is 9.47 Å². The summed E-state index contributed by atoms with van der Waals surface area (Å²) in [4.78, 5) is 25.9. The second-order valence-corrected chi connectivity index (χ2v) is 7.41. The minimum Gasteiger partial charge on any atom is -0.497 e. The number of ether oxygens (including phenoxy) is 2. The third-order valence-electron chi connectivity index (χ3n) is 5.55. The maximum Gasteiger partial charge on any atom is 0.263 e. The van der Waals surface area contributed by atoms with E-state index in [1.807, 2.05) is 6.07 Å². The molecular weight excluding hydrogens is 372 g/mol. The molecule has 1 amide bonds. The van der Waals surface area contributed by atoms with Gasteiger partial charge in [0.1, 0.15) is 17.1 Å². The van der Waals surface area contributed by atoms with Crippen LogP contribution in [0, 0.1) is 6.92 Å². The monoisotopic (exact) mass is 400 g/mol. The highest BCUT2D eigenvalue weighted by molar-refractivity contribution is 5.95. The first kappa shape index (κ1) is 20.9. The molecular formula is C22H28N2O5. The number of carbonyl (C=O) groups is 1. The molecule has 1 aromatic heterocycles. The topological polar surface area (TPSA) is 89.8 Å². The Hall–Kier alpha value is -2.80. The summed E-state index contributed by atoms with van der Waals surface area (Å²) in [7, 11) is 3.13. The van der Waals surface area contributed by atoms with Crippen molar-refractivity contribution in [2.75, 3.05) is 14.2 Å². The summed E-state index contributed by atoms with van der Waals surface area (Å²) in [6.45, 7) is 1.99. The zero-order chi connectivity index (χ0) is 21.0. The number of nitrogens with zero attached hydrogens (tertiary/aromatic N) is 1. The van der Waals surface area contributed by atoms with Crippen LogP contribution in [0.4, 0.5) is 0 Å². The van der Waals surface area contributed by atoms with Crippen molar-refractivity contribution in [1.82, 2.24) is 9.88 Å². The van der Waals surface area contributed by atoms with Crippen LogP contribution in [0.5, 0.6) is 11.5 Å². The van der Waals surface area contributed by atoms with E-state index in [1.165, 1.54) is 0 Å². The van der Waals surface area contributed by atoms with E-state index in [2.05, 4.69) is 5.32 Å². The molecule has 29 heavy (non-hydrogen) atoms. The molecule has 1 aliphatic rings. The van der Waals surface area contributed by atoms with E-state index in [9.17, 15) is 14.7 Å². The molecule has 0 unspecified atom stereocenters. The Morgan fingerprint density at radius 2 is 1.90 bits per heavy atom. The molecule has 0 aliphatic heterocycles. The highest BCUT2D eigenvalue weighted by Gasteiger charge is 2.24. The smallest absolute Gasteiger partial charge is 0.263 e. The fraction of sp³-hybridized carbons (Fsp3) is 0.455. The lowest BCUT2D eigenvalue weighted by Crippen LogP contribution is -2.36. The van der Waals surface area contributed by atoms with Crippen LogP contribution in [-0.2, 0) is 6.54 Å². The summed E-state index contributed by atoms with van der Waals surface area (Å²) < 4.78 is 12.2. The molecule has 1 saturated carbocycles. The predicted octanol–water partition coefficient (Wildman–Crippen LogP) is 2.58. The Kier molecular flexibility index (Phi) is 6.59. The van der Waals surface area contributed by atoms with Gasteiger partial charge in [-0.15, -0.1) is 0 Å². The quantitative estimate of drug-likeness (QED) is 0.778. The summed E-state index contributed by atoms with van der Waals surface area (Å²) >= 11 is 0. The van der Waals surface area contributed by atoms with Crippen molar-refractivity contribution in [2.24, 2.45) is 0 Å². The van der Waals surface area contributed by atoms with Crippen molar-refractivity contribution in [2.45, 2.75) is 51.3 Å². The Morgan fingerprint density at radius 3 is 2.55 bits per heavy atom. The number of methoxy groups -OCH3 is 2. The predicted molar refractivity (Wildman–Crippen MR) is 110 cm³/mol. The second kappa shape index (κ2) is 9.13. The average molecular weight is 400 g/mol. The third kappa shape index (κ3) is 4.62. The van der Waals surface area contributed by atoms with Gasteiger partial charge < -0.3 is 24.5 Å². The van der Waals surface area contributed by atoms with E-state index < -0.39 is 5.91 Å². The van der Waals surface area contributed by atoms with Crippen molar-refractivity contribution in [3.63, 3.8) is 0 Å². The average Bonchev–Trinajstić information content (AvgIpc) is 2.73. The highest BCUT2D eigenvalue weighted by Crippen LogP contribution is 2.28. The van der Waals surface area contributed by atoms with Gasteiger partial charge in [0.05, 0.1) is 20.3 Å². The van der Waals surface area contributed by atoms with Gasteiger partial charge in [-0.1, -0.05) is 0 Å². The number of aliphatic hydroxyl groups is 1. The molecule has 3 rings (SSSR count). The van der Waals surface area contributed by atoms with Gasteiger partial charge in [0.2, 0.25) is 0 Å². The van der Waals surface area contributed by atoms with Crippen LogP contribution in [0.15, 0.2) is 35.3 Å². The first-order valence-corrected chi connectivity index (χ1v) is 9.83. The number of pyridine rings is 1. The number of aromatic nitrogens is 1. The Labute approximate surface area is 170 Å². The van der Waals surface area contributed by atoms with Gasteiger partial charge >= 0.3 is 0 Å². The molecule has 1 aliphatic carbocycles. The first-order valence-electron chi connectivity index (χ1n) is 9.83. The van der Waals surface area contributed by atoms with Gasteiger partial charge in [-0.3, -0.25) is 9.59 Å². The van der Waals surface area contributed by atoms with Crippen LogP contribution in [0.25, 0.3) is 0 Å². The third-order valence-corrected chi connectivity index (χ3v) is 5.55. The molecule has 0 bridgehead atoms. The van der Waals surface area contributed by atoms with Gasteiger partial charge in [0, 0.05) is 30.4 Å². The van der Waals surface area contributed by atoms with Crippen molar-refractivity contribution in [1.29, 1.82) is 0 Å². The summed E-state index contributed by atoms with van der Waals surface area (Å²) in [6, 6.07) is 7.18. The Morgan fingerprint density at radius 1 is 1.17 bits per heavy atom. The second-order valence-electron chi connectivity index (χ2n) is 7.41.